The Labute approximate surface area is 273 Å². The molecule has 3 aromatic rings. The number of fused-ring (bicyclic) bond motifs is 1. The molecule has 2 fully saturated rings. The summed E-state index contributed by atoms with van der Waals surface area (Å²) in [6.45, 7) is -1.82. The number of phenolic OH excluding ortho intramolecular Hbond substituents is 4. The molecule has 2 saturated heterocycles. The second-order valence-electron chi connectivity index (χ2n) is 11.5. The predicted molar refractivity (Wildman–Crippen MR) is 156 cm³/mol. The van der Waals surface area contributed by atoms with Gasteiger partial charge in [-0.2, -0.15) is 0 Å². The molecular formula is C30H32O19. The average Bonchev–Trinajstić information content (AvgIpc) is 3.04. The lowest BCUT2D eigenvalue weighted by molar-refractivity contribution is -0.235. The molecule has 5 rings (SSSR count). The minimum Gasteiger partial charge on any atom is -0.507 e. The fraction of sp³-hybridized carbons (Fsp3) is 0.433. The van der Waals surface area contributed by atoms with Crippen LogP contribution in [-0.2, 0) is 23.8 Å². The Morgan fingerprint density at radius 2 is 1.33 bits per heavy atom. The highest BCUT2D eigenvalue weighted by Gasteiger charge is 2.50. The summed E-state index contributed by atoms with van der Waals surface area (Å²) < 4.78 is 21.9. The summed E-state index contributed by atoms with van der Waals surface area (Å²) in [6, 6.07) is 4.11. The lowest BCUT2D eigenvalue weighted by Gasteiger charge is -2.42. The molecule has 2 aliphatic heterocycles. The molecule has 19 nitrogen and oxygen atoms in total. The first-order valence-corrected chi connectivity index (χ1v) is 14.5. The van der Waals surface area contributed by atoms with Gasteiger partial charge in [-0.25, -0.2) is 0 Å². The number of phenols is 4. The number of aliphatic hydroxyl groups is 7. The number of esters is 1. The van der Waals surface area contributed by atoms with Crippen LogP contribution in [0.3, 0.4) is 0 Å². The zero-order valence-electron chi connectivity index (χ0n) is 24.9. The van der Waals surface area contributed by atoms with Gasteiger partial charge < -0.3 is 79.9 Å². The van der Waals surface area contributed by atoms with Crippen LogP contribution < -0.4 is 5.43 Å². The molecule has 266 valence electrons. The molecule has 12 N–H and O–H groups in total. The second kappa shape index (κ2) is 13.7. The number of carboxylic acid groups (broad SMARTS) is 1. The summed E-state index contributed by atoms with van der Waals surface area (Å²) in [5, 5.41) is 125. The van der Waals surface area contributed by atoms with Crippen molar-refractivity contribution >= 4 is 22.9 Å². The Hall–Kier alpha value is -4.57. The summed E-state index contributed by atoms with van der Waals surface area (Å²) in [7, 11) is 0. The van der Waals surface area contributed by atoms with Gasteiger partial charge in [-0.05, 0) is 18.2 Å². The van der Waals surface area contributed by atoms with Gasteiger partial charge in [-0.15, -0.1) is 0 Å². The molecule has 10 atom stereocenters. The monoisotopic (exact) mass is 696 g/mol. The Bertz CT molecular complexity index is 1800. The van der Waals surface area contributed by atoms with Gasteiger partial charge in [0.25, 0.3) is 0 Å². The number of aromatic hydroxyl groups is 4. The summed E-state index contributed by atoms with van der Waals surface area (Å²) in [6.07, 6.45) is -20.8. The normalized spacial score (nSPS) is 30.3. The Balaban J connectivity index is 1.73. The van der Waals surface area contributed by atoms with E-state index in [0.29, 0.717) is 0 Å². The number of ether oxygens (including phenoxy) is 3. The van der Waals surface area contributed by atoms with E-state index in [4.69, 9.17) is 23.7 Å². The van der Waals surface area contributed by atoms with Gasteiger partial charge in [0.1, 0.15) is 96.7 Å². The number of hydrogen-bond donors (Lipinski definition) is 12. The molecule has 3 heterocycles. The van der Waals surface area contributed by atoms with Gasteiger partial charge in [-0.3, -0.25) is 14.4 Å². The van der Waals surface area contributed by atoms with Crippen LogP contribution >= 0.6 is 0 Å². The topological polar surface area (TPSA) is 335 Å². The van der Waals surface area contributed by atoms with Crippen LogP contribution in [0.2, 0.25) is 0 Å². The summed E-state index contributed by atoms with van der Waals surface area (Å²) in [5.74, 6) is -6.55. The Kier molecular flexibility index (Phi) is 10.0. The standard InChI is InChI=1S/C30H32O19/c31-6-13-20(38)24(42)27(45)30(48-13)19-23(41)18(29-26(44)25(43)21(39)14(49-29)7-46-16(37)5-15(35)36)22(40)17-11(34)4-12(47-28(17)19)8-1-2-9(32)10(33)3-8/h1-4,13-14,20-21,24-27,29-33,38-45H,5-7H2,(H,35,36)/t13-,14-,20-,21-,24+,25+,26-,27-,29+,30+/m1/s1. The fourth-order valence-electron chi connectivity index (χ4n) is 5.78. The minimum atomic E-state index is -2.19. The van der Waals surface area contributed by atoms with Gasteiger partial charge >= 0.3 is 11.9 Å². The van der Waals surface area contributed by atoms with Crippen molar-refractivity contribution in [3.63, 3.8) is 0 Å². The molecule has 0 bridgehead atoms. The van der Waals surface area contributed by atoms with E-state index in [0.717, 1.165) is 18.2 Å². The van der Waals surface area contributed by atoms with E-state index in [-0.39, 0.29) is 11.3 Å². The predicted octanol–water partition coefficient (Wildman–Crippen LogP) is -2.66. The van der Waals surface area contributed by atoms with Gasteiger partial charge in [0.05, 0.1) is 17.7 Å². The zero-order chi connectivity index (χ0) is 36.1. The molecule has 2 aliphatic rings. The van der Waals surface area contributed by atoms with Crippen LogP contribution in [-0.4, -0.2) is 135 Å². The van der Waals surface area contributed by atoms with E-state index in [9.17, 15) is 70.6 Å². The highest BCUT2D eigenvalue weighted by Crippen LogP contribution is 2.51. The van der Waals surface area contributed by atoms with Crippen LogP contribution in [0, 0.1) is 0 Å². The first-order valence-electron chi connectivity index (χ1n) is 14.5. The smallest absolute Gasteiger partial charge is 0.317 e. The molecular weight excluding hydrogens is 664 g/mol. The molecule has 0 radical (unpaired) electrons. The molecule has 0 aliphatic carbocycles. The van der Waals surface area contributed by atoms with Crippen molar-refractivity contribution in [2.75, 3.05) is 13.2 Å². The summed E-state index contributed by atoms with van der Waals surface area (Å²) in [5.41, 5.74) is -3.34. The highest BCUT2D eigenvalue weighted by atomic mass is 16.6. The minimum absolute atomic E-state index is 0.0134. The number of rotatable bonds is 8. The third kappa shape index (κ3) is 6.46. The lowest BCUT2D eigenvalue weighted by atomic mass is 9.85. The molecule has 1 aromatic heterocycles. The maximum atomic E-state index is 13.6. The first-order chi connectivity index (χ1) is 23.1. The zero-order valence-corrected chi connectivity index (χ0v) is 24.9. The maximum absolute atomic E-state index is 13.6. The van der Waals surface area contributed by atoms with Crippen molar-refractivity contribution in [3.8, 4) is 34.3 Å². The third-order valence-corrected chi connectivity index (χ3v) is 8.33. The lowest BCUT2D eigenvalue weighted by Crippen LogP contribution is -2.56. The Morgan fingerprint density at radius 3 is 1.92 bits per heavy atom. The fourth-order valence-corrected chi connectivity index (χ4v) is 5.78. The van der Waals surface area contributed by atoms with E-state index < -0.39 is 143 Å². The van der Waals surface area contributed by atoms with Crippen LogP contribution in [0.15, 0.2) is 33.5 Å². The summed E-state index contributed by atoms with van der Waals surface area (Å²) >= 11 is 0. The van der Waals surface area contributed by atoms with Crippen molar-refractivity contribution in [1.29, 1.82) is 0 Å². The van der Waals surface area contributed by atoms with E-state index in [1.54, 1.807) is 0 Å². The van der Waals surface area contributed by atoms with Crippen molar-refractivity contribution < 1.29 is 89.5 Å². The number of benzene rings is 2. The molecule has 0 amide bonds. The van der Waals surface area contributed by atoms with Gasteiger partial charge in [-0.1, -0.05) is 0 Å². The average molecular weight is 697 g/mol. The number of aliphatic hydroxyl groups excluding tert-OH is 7. The number of carboxylic acids is 1. The molecule has 2 aromatic carbocycles. The van der Waals surface area contributed by atoms with E-state index >= 15 is 0 Å². The van der Waals surface area contributed by atoms with Crippen molar-refractivity contribution in [1.82, 2.24) is 0 Å². The first kappa shape index (κ1) is 35.7. The van der Waals surface area contributed by atoms with Gasteiger partial charge in [0, 0.05) is 11.6 Å². The van der Waals surface area contributed by atoms with Crippen molar-refractivity contribution in [2.24, 2.45) is 0 Å². The molecule has 0 saturated carbocycles. The van der Waals surface area contributed by atoms with Crippen LogP contribution in [0.25, 0.3) is 22.3 Å². The van der Waals surface area contributed by atoms with Crippen LogP contribution in [0.1, 0.15) is 29.8 Å². The SMILES string of the molecule is O=C(O)CC(=O)OC[C@H]1O[C@@H](c2c(O)c([C@@H]3O[C@H](CO)[C@@H](O)[C@H](O)[C@H]3O)c3oc(-c4ccc(O)c(O)c4)cc(=O)c3c2O)[C@H](O)[C@@H](O)[C@@H]1O. The largest absolute Gasteiger partial charge is 0.507 e. The molecule has 19 heteroatoms. The quantitative estimate of drug-likeness (QED) is 0.0649. The van der Waals surface area contributed by atoms with Gasteiger partial charge in [0.2, 0.25) is 0 Å². The number of carbonyl (C=O) groups excluding carboxylic acids is 1. The second-order valence-corrected chi connectivity index (χ2v) is 11.5. The number of aliphatic carboxylic acids is 1. The van der Waals surface area contributed by atoms with Crippen LogP contribution in [0.5, 0.6) is 23.0 Å². The van der Waals surface area contributed by atoms with E-state index in [1.807, 2.05) is 0 Å². The summed E-state index contributed by atoms with van der Waals surface area (Å²) in [4.78, 5) is 36.3. The number of hydrogen-bond acceptors (Lipinski definition) is 18. The Morgan fingerprint density at radius 1 is 0.735 bits per heavy atom. The van der Waals surface area contributed by atoms with E-state index in [2.05, 4.69) is 0 Å². The highest BCUT2D eigenvalue weighted by molar-refractivity contribution is 5.92. The van der Waals surface area contributed by atoms with Crippen molar-refractivity contribution in [3.05, 3.63) is 45.6 Å². The maximum Gasteiger partial charge on any atom is 0.317 e. The van der Waals surface area contributed by atoms with E-state index in [1.165, 1.54) is 6.07 Å². The van der Waals surface area contributed by atoms with Crippen LogP contribution in [0.4, 0.5) is 0 Å². The number of carbonyl (C=O) groups is 2. The third-order valence-electron chi connectivity index (χ3n) is 8.33. The molecule has 0 spiro atoms. The van der Waals surface area contributed by atoms with Crippen molar-refractivity contribution in [2.45, 2.75) is 67.5 Å². The molecule has 49 heavy (non-hydrogen) atoms. The van der Waals surface area contributed by atoms with Gasteiger partial charge in [0.15, 0.2) is 22.5 Å². The molecule has 0 unspecified atom stereocenters.